The summed E-state index contributed by atoms with van der Waals surface area (Å²) in [6, 6.07) is 6.77. The molecule has 1 aliphatic carbocycles. The number of aryl methyl sites for hydroxylation is 2. The zero-order valence-corrected chi connectivity index (χ0v) is 14.4. The molecule has 1 saturated carbocycles. The standard InChI is InChI=1S/C18H29NOS/c1-4-7-19-18(12-20,17-5-6-17)13-21-11-16-9-14(2)8-15(3)10-16/h8-10,17,19-20H,4-7,11-13H2,1-3H3. The lowest BCUT2D eigenvalue weighted by atomic mass is 9.96. The molecule has 0 aliphatic heterocycles. The van der Waals surface area contributed by atoms with E-state index in [9.17, 15) is 5.11 Å². The quantitative estimate of drug-likeness (QED) is 0.730. The maximum atomic E-state index is 9.92. The molecule has 0 heterocycles. The highest BCUT2D eigenvalue weighted by Gasteiger charge is 2.44. The SMILES string of the molecule is CCCNC(CO)(CSCc1cc(C)cc(C)c1)C1CC1. The summed E-state index contributed by atoms with van der Waals surface area (Å²) in [5.41, 5.74) is 4.02. The maximum Gasteiger partial charge on any atom is 0.0624 e. The average Bonchev–Trinajstić information content (AvgIpc) is 3.27. The second-order valence-corrected chi connectivity index (χ2v) is 7.49. The van der Waals surface area contributed by atoms with Crippen molar-refractivity contribution in [2.24, 2.45) is 5.92 Å². The fourth-order valence-corrected chi connectivity index (χ4v) is 4.35. The van der Waals surface area contributed by atoms with Crippen LogP contribution in [0.1, 0.15) is 42.9 Å². The van der Waals surface area contributed by atoms with Crippen molar-refractivity contribution in [3.8, 4) is 0 Å². The molecule has 0 radical (unpaired) electrons. The summed E-state index contributed by atoms with van der Waals surface area (Å²) in [6.07, 6.45) is 3.65. The first kappa shape index (κ1) is 16.9. The van der Waals surface area contributed by atoms with Crippen LogP contribution in [0.3, 0.4) is 0 Å². The average molecular weight is 308 g/mol. The van der Waals surface area contributed by atoms with Crippen LogP contribution >= 0.6 is 11.8 Å². The Bertz CT molecular complexity index is 438. The number of hydrogen-bond acceptors (Lipinski definition) is 3. The highest BCUT2D eigenvalue weighted by Crippen LogP contribution is 2.41. The zero-order chi connectivity index (χ0) is 15.3. The summed E-state index contributed by atoms with van der Waals surface area (Å²) in [5, 5.41) is 13.6. The van der Waals surface area contributed by atoms with Crippen molar-refractivity contribution in [3.63, 3.8) is 0 Å². The van der Waals surface area contributed by atoms with Gasteiger partial charge in [-0.15, -0.1) is 0 Å². The smallest absolute Gasteiger partial charge is 0.0624 e. The largest absolute Gasteiger partial charge is 0.394 e. The topological polar surface area (TPSA) is 32.3 Å². The maximum absolute atomic E-state index is 9.92. The van der Waals surface area contributed by atoms with Crippen LogP contribution in [0.15, 0.2) is 18.2 Å². The van der Waals surface area contributed by atoms with E-state index in [0.29, 0.717) is 5.92 Å². The van der Waals surface area contributed by atoms with Gasteiger partial charge in [-0.1, -0.05) is 36.2 Å². The Hall–Kier alpha value is -0.510. The summed E-state index contributed by atoms with van der Waals surface area (Å²) in [5.74, 6) is 2.70. The lowest BCUT2D eigenvalue weighted by molar-refractivity contribution is 0.159. The molecule has 2 rings (SSSR count). The van der Waals surface area contributed by atoms with Crippen molar-refractivity contribution < 1.29 is 5.11 Å². The Labute approximate surface area is 133 Å². The number of aliphatic hydroxyl groups excluding tert-OH is 1. The third-order valence-electron chi connectivity index (χ3n) is 4.28. The van der Waals surface area contributed by atoms with Crippen LogP contribution in [-0.4, -0.2) is 29.5 Å². The first-order valence-electron chi connectivity index (χ1n) is 8.10. The Kier molecular flexibility index (Phi) is 6.15. The van der Waals surface area contributed by atoms with E-state index in [1.165, 1.54) is 29.5 Å². The van der Waals surface area contributed by atoms with Crippen LogP contribution in [0.4, 0.5) is 0 Å². The molecule has 3 heteroatoms. The summed E-state index contributed by atoms with van der Waals surface area (Å²) >= 11 is 1.95. The number of rotatable bonds is 9. The van der Waals surface area contributed by atoms with Gasteiger partial charge >= 0.3 is 0 Å². The van der Waals surface area contributed by atoms with E-state index < -0.39 is 0 Å². The molecule has 21 heavy (non-hydrogen) atoms. The molecule has 1 aromatic rings. The minimum absolute atomic E-state index is 0.0560. The van der Waals surface area contributed by atoms with Gasteiger partial charge in [0.15, 0.2) is 0 Å². The van der Waals surface area contributed by atoms with Gasteiger partial charge in [0.2, 0.25) is 0 Å². The van der Waals surface area contributed by atoms with Crippen LogP contribution in [0.25, 0.3) is 0 Å². The van der Waals surface area contributed by atoms with Crippen molar-refractivity contribution in [2.45, 2.75) is 51.3 Å². The third-order valence-corrected chi connectivity index (χ3v) is 5.53. The van der Waals surface area contributed by atoms with E-state index in [4.69, 9.17) is 0 Å². The number of benzene rings is 1. The molecule has 0 aromatic heterocycles. The van der Waals surface area contributed by atoms with Crippen molar-refractivity contribution >= 4 is 11.8 Å². The monoisotopic (exact) mass is 307 g/mol. The molecule has 1 atom stereocenters. The molecule has 2 nitrogen and oxygen atoms in total. The fourth-order valence-electron chi connectivity index (χ4n) is 3.06. The van der Waals surface area contributed by atoms with Gasteiger partial charge in [0, 0.05) is 11.5 Å². The highest BCUT2D eigenvalue weighted by atomic mass is 32.2. The van der Waals surface area contributed by atoms with E-state index in [-0.39, 0.29) is 12.1 Å². The summed E-state index contributed by atoms with van der Waals surface area (Å²) in [4.78, 5) is 0. The van der Waals surface area contributed by atoms with Crippen LogP contribution < -0.4 is 5.32 Å². The lowest BCUT2D eigenvalue weighted by Gasteiger charge is -2.33. The number of aliphatic hydroxyl groups is 1. The van der Waals surface area contributed by atoms with Crippen molar-refractivity contribution in [3.05, 3.63) is 34.9 Å². The molecule has 118 valence electrons. The van der Waals surface area contributed by atoms with Crippen molar-refractivity contribution in [1.82, 2.24) is 5.32 Å². The Morgan fingerprint density at radius 1 is 1.24 bits per heavy atom. The van der Waals surface area contributed by atoms with Gasteiger partial charge in [-0.25, -0.2) is 0 Å². The van der Waals surface area contributed by atoms with Crippen molar-refractivity contribution in [2.75, 3.05) is 18.9 Å². The number of thioether (sulfide) groups is 1. The van der Waals surface area contributed by atoms with Gasteiger partial charge in [0.25, 0.3) is 0 Å². The second-order valence-electron chi connectivity index (χ2n) is 6.50. The van der Waals surface area contributed by atoms with Crippen LogP contribution in [0.2, 0.25) is 0 Å². The summed E-state index contributed by atoms with van der Waals surface area (Å²) in [7, 11) is 0. The van der Waals surface area contributed by atoms with Crippen LogP contribution in [0, 0.1) is 19.8 Å². The molecule has 1 aromatic carbocycles. The molecular formula is C18H29NOS. The van der Waals surface area contributed by atoms with Gasteiger partial charge in [-0.3, -0.25) is 0 Å². The Morgan fingerprint density at radius 3 is 2.43 bits per heavy atom. The molecule has 1 fully saturated rings. The summed E-state index contributed by atoms with van der Waals surface area (Å²) in [6.45, 7) is 7.77. The van der Waals surface area contributed by atoms with E-state index in [2.05, 4.69) is 44.3 Å². The van der Waals surface area contributed by atoms with E-state index >= 15 is 0 Å². The zero-order valence-electron chi connectivity index (χ0n) is 13.6. The Balaban J connectivity index is 1.92. The normalized spacial score (nSPS) is 17.7. The van der Waals surface area contributed by atoms with E-state index in [1.54, 1.807) is 0 Å². The minimum atomic E-state index is -0.0560. The lowest BCUT2D eigenvalue weighted by Crippen LogP contribution is -2.53. The van der Waals surface area contributed by atoms with Gasteiger partial charge < -0.3 is 10.4 Å². The predicted octanol–water partition coefficient (Wildman–Crippen LogP) is 3.68. The number of hydrogen-bond donors (Lipinski definition) is 2. The van der Waals surface area contributed by atoms with Gasteiger partial charge in [0.1, 0.15) is 0 Å². The highest BCUT2D eigenvalue weighted by molar-refractivity contribution is 7.98. The molecule has 1 unspecified atom stereocenters. The first-order valence-corrected chi connectivity index (χ1v) is 9.26. The van der Waals surface area contributed by atoms with Gasteiger partial charge in [-0.2, -0.15) is 11.8 Å². The molecule has 2 N–H and O–H groups in total. The fraction of sp³-hybridized carbons (Fsp3) is 0.667. The van der Waals surface area contributed by atoms with Crippen LogP contribution in [0.5, 0.6) is 0 Å². The van der Waals surface area contributed by atoms with E-state index in [1.807, 2.05) is 11.8 Å². The predicted molar refractivity (Wildman–Crippen MR) is 92.9 cm³/mol. The molecule has 0 bridgehead atoms. The molecule has 0 spiro atoms. The first-order chi connectivity index (χ1) is 10.1. The molecule has 0 saturated heterocycles. The second kappa shape index (κ2) is 7.66. The Morgan fingerprint density at radius 2 is 1.90 bits per heavy atom. The third kappa shape index (κ3) is 4.73. The van der Waals surface area contributed by atoms with Crippen molar-refractivity contribution in [1.29, 1.82) is 0 Å². The molecular weight excluding hydrogens is 278 g/mol. The van der Waals surface area contributed by atoms with Crippen LogP contribution in [-0.2, 0) is 5.75 Å². The van der Waals surface area contributed by atoms with Gasteiger partial charge in [0.05, 0.1) is 12.1 Å². The van der Waals surface area contributed by atoms with E-state index in [0.717, 1.165) is 24.5 Å². The summed E-state index contributed by atoms with van der Waals surface area (Å²) < 4.78 is 0. The molecule has 0 amide bonds. The molecule has 1 aliphatic rings. The number of nitrogens with one attached hydrogen (secondary N) is 1. The minimum Gasteiger partial charge on any atom is -0.394 e. The van der Waals surface area contributed by atoms with Gasteiger partial charge in [-0.05, 0) is 51.1 Å².